The molecule has 0 bridgehead atoms. The van der Waals surface area contributed by atoms with Crippen molar-refractivity contribution in [2.45, 2.75) is 13.8 Å². The molecule has 0 radical (unpaired) electrons. The van der Waals surface area contributed by atoms with Crippen LogP contribution >= 0.6 is 0 Å². The SMILES string of the molecule is CC(=O)OC=C1C(=O)C(=COC(C)=O)c2ccccc21. The van der Waals surface area contributed by atoms with Gasteiger partial charge in [-0.1, -0.05) is 24.3 Å². The van der Waals surface area contributed by atoms with Crippen LogP contribution in [0.15, 0.2) is 36.8 Å². The van der Waals surface area contributed by atoms with Crippen LogP contribution in [0.25, 0.3) is 11.1 Å². The lowest BCUT2D eigenvalue weighted by Crippen LogP contribution is -1.99. The van der Waals surface area contributed by atoms with Crippen LogP contribution in [0.3, 0.4) is 0 Å². The predicted molar refractivity (Wildman–Crippen MR) is 70.9 cm³/mol. The van der Waals surface area contributed by atoms with Gasteiger partial charge in [-0.3, -0.25) is 14.4 Å². The minimum Gasteiger partial charge on any atom is -0.434 e. The molecule has 0 saturated heterocycles. The molecule has 0 saturated carbocycles. The Labute approximate surface area is 115 Å². The summed E-state index contributed by atoms with van der Waals surface area (Å²) in [6.07, 6.45) is 2.25. The molecular weight excluding hydrogens is 260 g/mol. The zero-order valence-corrected chi connectivity index (χ0v) is 11.0. The van der Waals surface area contributed by atoms with Crippen LogP contribution in [-0.2, 0) is 23.9 Å². The molecule has 5 heteroatoms. The van der Waals surface area contributed by atoms with E-state index >= 15 is 0 Å². The molecule has 0 fully saturated rings. The van der Waals surface area contributed by atoms with Gasteiger partial charge in [-0.15, -0.1) is 0 Å². The molecule has 102 valence electrons. The lowest BCUT2D eigenvalue weighted by molar-refractivity contribution is -0.136. The number of ketones is 1. The highest BCUT2D eigenvalue weighted by molar-refractivity contribution is 6.47. The summed E-state index contributed by atoms with van der Waals surface area (Å²) in [5, 5.41) is 0. The Hall–Kier alpha value is -2.69. The fraction of sp³-hybridized carbons (Fsp3) is 0.133. The molecular formula is C15H12O5. The Morgan fingerprint density at radius 2 is 1.30 bits per heavy atom. The van der Waals surface area contributed by atoms with Crippen LogP contribution in [0, 0.1) is 0 Å². The van der Waals surface area contributed by atoms with E-state index in [1.165, 1.54) is 13.8 Å². The first kappa shape index (κ1) is 13.7. The van der Waals surface area contributed by atoms with E-state index in [0.717, 1.165) is 12.5 Å². The summed E-state index contributed by atoms with van der Waals surface area (Å²) < 4.78 is 9.54. The number of Topliss-reactive ketones (excluding diaryl/α,β-unsaturated/α-hetero) is 1. The van der Waals surface area contributed by atoms with Crippen molar-refractivity contribution in [2.24, 2.45) is 0 Å². The molecule has 0 aliphatic heterocycles. The Kier molecular flexibility index (Phi) is 3.79. The molecule has 0 spiro atoms. The number of benzene rings is 1. The van der Waals surface area contributed by atoms with Gasteiger partial charge in [0.1, 0.15) is 12.5 Å². The van der Waals surface area contributed by atoms with E-state index < -0.39 is 11.9 Å². The Bertz CT molecular complexity index is 597. The molecule has 2 rings (SSSR count). The highest BCUT2D eigenvalue weighted by Gasteiger charge is 2.30. The quantitative estimate of drug-likeness (QED) is 0.468. The van der Waals surface area contributed by atoms with Gasteiger partial charge in [0.2, 0.25) is 5.78 Å². The average Bonchev–Trinajstić information content (AvgIpc) is 2.66. The minimum absolute atomic E-state index is 0.259. The summed E-state index contributed by atoms with van der Waals surface area (Å²) in [5.74, 6) is -1.38. The van der Waals surface area contributed by atoms with Crippen molar-refractivity contribution >= 4 is 28.9 Å². The van der Waals surface area contributed by atoms with Gasteiger partial charge in [0.05, 0.1) is 11.1 Å². The average molecular weight is 272 g/mol. The van der Waals surface area contributed by atoms with Gasteiger partial charge in [-0.25, -0.2) is 0 Å². The molecule has 0 atom stereocenters. The lowest BCUT2D eigenvalue weighted by atomic mass is 10.1. The van der Waals surface area contributed by atoms with Crippen molar-refractivity contribution in [3.63, 3.8) is 0 Å². The van der Waals surface area contributed by atoms with Gasteiger partial charge < -0.3 is 9.47 Å². The first-order valence-electron chi connectivity index (χ1n) is 5.90. The Morgan fingerprint density at radius 1 is 0.900 bits per heavy atom. The largest absolute Gasteiger partial charge is 0.434 e. The van der Waals surface area contributed by atoms with E-state index in [1.807, 2.05) is 0 Å². The summed E-state index contributed by atoms with van der Waals surface area (Å²) in [6, 6.07) is 7.00. The number of allylic oxidation sites excluding steroid dienone is 2. The molecule has 0 heterocycles. The number of hydrogen-bond donors (Lipinski definition) is 0. The maximum atomic E-state index is 12.3. The number of esters is 2. The second-order valence-electron chi connectivity index (χ2n) is 4.16. The molecule has 0 aromatic heterocycles. The zero-order valence-electron chi connectivity index (χ0n) is 11.0. The second kappa shape index (κ2) is 5.52. The van der Waals surface area contributed by atoms with Gasteiger partial charge in [0.25, 0.3) is 0 Å². The number of ether oxygens (including phenoxy) is 2. The van der Waals surface area contributed by atoms with Gasteiger partial charge in [0, 0.05) is 13.8 Å². The highest BCUT2D eigenvalue weighted by atomic mass is 16.5. The molecule has 20 heavy (non-hydrogen) atoms. The molecule has 1 aliphatic carbocycles. The van der Waals surface area contributed by atoms with Crippen LogP contribution in [0.5, 0.6) is 0 Å². The van der Waals surface area contributed by atoms with E-state index in [9.17, 15) is 14.4 Å². The van der Waals surface area contributed by atoms with Crippen LogP contribution in [0.1, 0.15) is 25.0 Å². The fourth-order valence-corrected chi connectivity index (χ4v) is 1.86. The van der Waals surface area contributed by atoms with Crippen molar-refractivity contribution in [1.82, 2.24) is 0 Å². The Balaban J connectivity index is 2.47. The maximum absolute atomic E-state index is 12.3. The van der Waals surface area contributed by atoms with Crippen molar-refractivity contribution in [2.75, 3.05) is 0 Å². The van der Waals surface area contributed by atoms with Gasteiger partial charge in [-0.05, 0) is 11.1 Å². The monoisotopic (exact) mass is 272 g/mol. The smallest absolute Gasteiger partial charge is 0.307 e. The van der Waals surface area contributed by atoms with E-state index in [1.54, 1.807) is 24.3 Å². The van der Waals surface area contributed by atoms with E-state index in [2.05, 4.69) is 0 Å². The van der Waals surface area contributed by atoms with Crippen LogP contribution < -0.4 is 0 Å². The lowest BCUT2D eigenvalue weighted by Gasteiger charge is -1.98. The number of hydrogen-bond acceptors (Lipinski definition) is 5. The molecule has 1 aliphatic rings. The standard InChI is InChI=1S/C15H12O5/c1-9(16)19-7-13-11-5-3-4-6-12(11)14(15(13)18)8-20-10(2)17/h3-8H,1-2H3. The number of rotatable bonds is 2. The normalized spacial score (nSPS) is 17.2. The summed E-state index contributed by atoms with van der Waals surface area (Å²) in [7, 11) is 0. The van der Waals surface area contributed by atoms with Crippen molar-refractivity contribution in [1.29, 1.82) is 0 Å². The van der Waals surface area contributed by atoms with Crippen LogP contribution in [-0.4, -0.2) is 17.7 Å². The molecule has 0 amide bonds. The van der Waals surface area contributed by atoms with Crippen molar-refractivity contribution in [3.05, 3.63) is 47.9 Å². The topological polar surface area (TPSA) is 69.7 Å². The first-order chi connectivity index (χ1) is 9.50. The molecule has 0 unspecified atom stereocenters. The Morgan fingerprint density at radius 3 is 1.65 bits per heavy atom. The van der Waals surface area contributed by atoms with Crippen molar-refractivity contribution < 1.29 is 23.9 Å². The molecule has 0 N–H and O–H groups in total. The molecule has 5 nitrogen and oxygen atoms in total. The van der Waals surface area contributed by atoms with Gasteiger partial charge in [0.15, 0.2) is 0 Å². The van der Waals surface area contributed by atoms with Gasteiger partial charge >= 0.3 is 11.9 Å². The third kappa shape index (κ3) is 2.66. The van der Waals surface area contributed by atoms with Crippen molar-refractivity contribution in [3.8, 4) is 0 Å². The number of carbonyl (C=O) groups excluding carboxylic acids is 3. The summed E-state index contributed by atoms with van der Waals surface area (Å²) in [5.41, 5.74) is 1.79. The third-order valence-corrected chi connectivity index (χ3v) is 2.68. The van der Waals surface area contributed by atoms with E-state index in [0.29, 0.717) is 11.1 Å². The van der Waals surface area contributed by atoms with Crippen LogP contribution in [0.2, 0.25) is 0 Å². The zero-order chi connectivity index (χ0) is 14.7. The number of fused-ring (bicyclic) bond motifs is 1. The second-order valence-corrected chi connectivity index (χ2v) is 4.16. The third-order valence-electron chi connectivity index (χ3n) is 2.68. The summed E-state index contributed by atoms with van der Waals surface area (Å²) >= 11 is 0. The highest BCUT2D eigenvalue weighted by Crippen LogP contribution is 2.37. The van der Waals surface area contributed by atoms with E-state index in [-0.39, 0.29) is 16.9 Å². The predicted octanol–water partition coefficient (Wildman–Crippen LogP) is 2.08. The minimum atomic E-state index is -0.514. The molecule has 1 aromatic carbocycles. The van der Waals surface area contributed by atoms with Crippen LogP contribution in [0.4, 0.5) is 0 Å². The van der Waals surface area contributed by atoms with E-state index in [4.69, 9.17) is 9.47 Å². The van der Waals surface area contributed by atoms with Gasteiger partial charge in [-0.2, -0.15) is 0 Å². The molecule has 1 aromatic rings. The number of carbonyl (C=O) groups is 3. The maximum Gasteiger partial charge on any atom is 0.307 e. The fourth-order valence-electron chi connectivity index (χ4n) is 1.86. The summed E-state index contributed by atoms with van der Waals surface area (Å²) in [4.78, 5) is 34.0. The first-order valence-corrected chi connectivity index (χ1v) is 5.90. The summed E-state index contributed by atoms with van der Waals surface area (Å²) in [6.45, 7) is 2.50.